The van der Waals surface area contributed by atoms with E-state index in [4.69, 9.17) is 15.2 Å². The summed E-state index contributed by atoms with van der Waals surface area (Å²) in [6.45, 7) is 0.845. The number of nitrogens with zero attached hydrogens (tertiary/aromatic N) is 2. The van der Waals surface area contributed by atoms with Crippen molar-refractivity contribution < 1.29 is 22.3 Å². The lowest BCUT2D eigenvalue weighted by atomic mass is 10.1. The van der Waals surface area contributed by atoms with E-state index >= 15 is 0 Å². The number of nitrogens with two attached hydrogens (primary N) is 1. The molecule has 2 rings (SSSR count). The Bertz CT molecular complexity index is 656. The molecular formula is C15H22FN3O4S. The fraction of sp³-hybridized carbons (Fsp3) is 0.533. The van der Waals surface area contributed by atoms with Gasteiger partial charge in [-0.3, -0.25) is 0 Å². The first-order valence-electron chi connectivity index (χ1n) is 7.61. The van der Waals surface area contributed by atoms with Crippen LogP contribution in [-0.2, 0) is 14.8 Å². The lowest BCUT2D eigenvalue weighted by Crippen LogP contribution is -2.40. The summed E-state index contributed by atoms with van der Waals surface area (Å²) in [5.41, 5.74) is 5.62. The average molecular weight is 359 g/mol. The molecule has 24 heavy (non-hydrogen) atoms. The van der Waals surface area contributed by atoms with Gasteiger partial charge in [-0.1, -0.05) is 0 Å². The minimum absolute atomic E-state index is 0.0311. The maximum absolute atomic E-state index is 12.6. The molecule has 2 heterocycles. The molecule has 0 saturated carbocycles. The first kappa shape index (κ1) is 18.8. The summed E-state index contributed by atoms with van der Waals surface area (Å²) in [5.74, 6) is 0.208. The van der Waals surface area contributed by atoms with Crippen LogP contribution >= 0.6 is 0 Å². The number of aromatic nitrogens is 1. The van der Waals surface area contributed by atoms with Crippen molar-refractivity contribution >= 4 is 10.0 Å². The van der Waals surface area contributed by atoms with Crippen molar-refractivity contribution in [1.82, 2.24) is 9.29 Å². The minimum atomic E-state index is -3.58. The third-order valence-corrected chi connectivity index (χ3v) is 5.79. The van der Waals surface area contributed by atoms with Crippen LogP contribution in [0.25, 0.3) is 0 Å². The molecule has 0 amide bonds. The third kappa shape index (κ3) is 4.50. The highest BCUT2D eigenvalue weighted by molar-refractivity contribution is 7.89. The molecule has 0 radical (unpaired) electrons. The van der Waals surface area contributed by atoms with Crippen LogP contribution in [0.4, 0.5) is 4.39 Å². The van der Waals surface area contributed by atoms with Crippen LogP contribution < -0.4 is 10.5 Å². The largest absolute Gasteiger partial charge is 0.473 e. The molecule has 1 saturated heterocycles. The molecule has 0 unspecified atom stereocenters. The SMILES string of the molecule is COC1CCN(S(=O)(=O)c2ccc(OC/C(=C\F)CN)nc2)CC1. The maximum atomic E-state index is 12.6. The van der Waals surface area contributed by atoms with Crippen LogP contribution in [0.15, 0.2) is 35.1 Å². The fourth-order valence-electron chi connectivity index (χ4n) is 2.36. The number of ether oxygens (including phenoxy) is 2. The second kappa shape index (κ2) is 8.52. The molecular weight excluding hydrogens is 337 g/mol. The van der Waals surface area contributed by atoms with E-state index in [0.717, 1.165) is 0 Å². The first-order valence-corrected chi connectivity index (χ1v) is 9.05. The van der Waals surface area contributed by atoms with Gasteiger partial charge in [0.2, 0.25) is 15.9 Å². The molecule has 1 aliphatic rings. The van der Waals surface area contributed by atoms with E-state index in [1.165, 1.54) is 22.6 Å². The highest BCUT2D eigenvalue weighted by atomic mass is 32.2. The van der Waals surface area contributed by atoms with E-state index in [0.29, 0.717) is 32.3 Å². The summed E-state index contributed by atoms with van der Waals surface area (Å²) in [6, 6.07) is 2.88. The van der Waals surface area contributed by atoms with E-state index in [1.807, 2.05) is 0 Å². The van der Waals surface area contributed by atoms with Gasteiger partial charge in [-0.2, -0.15) is 4.31 Å². The number of hydrogen-bond donors (Lipinski definition) is 1. The molecule has 134 valence electrons. The van der Waals surface area contributed by atoms with Crippen LogP contribution in [0.5, 0.6) is 5.88 Å². The number of halogens is 1. The highest BCUT2D eigenvalue weighted by Gasteiger charge is 2.29. The van der Waals surface area contributed by atoms with Gasteiger partial charge in [0.1, 0.15) is 11.5 Å². The predicted octanol–water partition coefficient (Wildman–Crippen LogP) is 1.07. The molecule has 0 atom stereocenters. The van der Waals surface area contributed by atoms with Crippen LogP contribution in [0.2, 0.25) is 0 Å². The number of pyridine rings is 1. The van der Waals surface area contributed by atoms with Crippen molar-refractivity contribution in [3.8, 4) is 5.88 Å². The average Bonchev–Trinajstić information content (AvgIpc) is 2.63. The molecule has 1 fully saturated rings. The molecule has 0 bridgehead atoms. The molecule has 1 aromatic heterocycles. The molecule has 0 spiro atoms. The van der Waals surface area contributed by atoms with Gasteiger partial charge in [0.05, 0.1) is 18.6 Å². The molecule has 0 aliphatic carbocycles. The summed E-state index contributed by atoms with van der Waals surface area (Å²) < 4.78 is 49.5. The van der Waals surface area contributed by atoms with Crippen molar-refractivity contribution in [2.45, 2.75) is 23.8 Å². The number of methoxy groups -OCH3 is 1. The van der Waals surface area contributed by atoms with E-state index < -0.39 is 10.0 Å². The Morgan fingerprint density at radius 3 is 2.67 bits per heavy atom. The summed E-state index contributed by atoms with van der Waals surface area (Å²) in [4.78, 5) is 4.07. The zero-order chi connectivity index (χ0) is 17.6. The fourth-order valence-corrected chi connectivity index (χ4v) is 3.78. The van der Waals surface area contributed by atoms with Gasteiger partial charge in [-0.25, -0.2) is 17.8 Å². The van der Waals surface area contributed by atoms with Crippen molar-refractivity contribution in [3.63, 3.8) is 0 Å². The van der Waals surface area contributed by atoms with Gasteiger partial charge < -0.3 is 15.2 Å². The summed E-state index contributed by atoms with van der Waals surface area (Å²) in [7, 11) is -1.95. The monoisotopic (exact) mass is 359 g/mol. The number of rotatable bonds is 7. The molecule has 1 aromatic rings. The second-order valence-corrected chi connectivity index (χ2v) is 7.37. The van der Waals surface area contributed by atoms with Crippen LogP contribution in [0, 0.1) is 0 Å². The Hall–Kier alpha value is -1.55. The zero-order valence-corrected chi connectivity index (χ0v) is 14.3. The Morgan fingerprint density at radius 1 is 1.46 bits per heavy atom. The molecule has 1 aliphatic heterocycles. The second-order valence-electron chi connectivity index (χ2n) is 5.43. The lowest BCUT2D eigenvalue weighted by Gasteiger charge is -2.30. The summed E-state index contributed by atoms with van der Waals surface area (Å²) in [6.07, 6.45) is 3.08. The summed E-state index contributed by atoms with van der Waals surface area (Å²) in [5, 5.41) is 0. The minimum Gasteiger partial charge on any atom is -0.473 e. The third-order valence-electron chi connectivity index (χ3n) is 3.90. The topological polar surface area (TPSA) is 94.8 Å². The first-order chi connectivity index (χ1) is 11.5. The zero-order valence-electron chi connectivity index (χ0n) is 13.5. The molecule has 7 nitrogen and oxygen atoms in total. The number of piperidine rings is 1. The predicted molar refractivity (Wildman–Crippen MR) is 86.8 cm³/mol. The van der Waals surface area contributed by atoms with Gasteiger partial charge in [0.15, 0.2) is 0 Å². The van der Waals surface area contributed by atoms with Crippen LogP contribution in [-0.4, -0.2) is 57.2 Å². The Balaban J connectivity index is 2.01. The Kier molecular flexibility index (Phi) is 6.67. The van der Waals surface area contributed by atoms with Crippen LogP contribution in [0.1, 0.15) is 12.8 Å². The molecule has 2 N–H and O–H groups in total. The van der Waals surface area contributed by atoms with Gasteiger partial charge in [-0.15, -0.1) is 0 Å². The highest BCUT2D eigenvalue weighted by Crippen LogP contribution is 2.22. The van der Waals surface area contributed by atoms with E-state index in [2.05, 4.69) is 4.98 Å². The van der Waals surface area contributed by atoms with Gasteiger partial charge in [-0.05, 0) is 18.9 Å². The summed E-state index contributed by atoms with van der Waals surface area (Å²) >= 11 is 0. The quantitative estimate of drug-likeness (QED) is 0.783. The van der Waals surface area contributed by atoms with E-state index in [9.17, 15) is 12.8 Å². The van der Waals surface area contributed by atoms with Crippen LogP contribution in [0.3, 0.4) is 0 Å². The standard InChI is InChI=1S/C15H22FN3O4S/c1-22-13-4-6-19(7-5-13)24(20,21)14-2-3-15(18-10-14)23-11-12(8-16)9-17/h2-3,8,10,13H,4-7,9,11,17H2,1H3/b12-8-. The molecule has 9 heteroatoms. The van der Waals surface area contributed by atoms with E-state index in [1.54, 1.807) is 7.11 Å². The smallest absolute Gasteiger partial charge is 0.244 e. The normalized spacial score (nSPS) is 17.9. The van der Waals surface area contributed by atoms with Crippen molar-refractivity contribution in [2.24, 2.45) is 5.73 Å². The molecule has 0 aromatic carbocycles. The van der Waals surface area contributed by atoms with Crippen molar-refractivity contribution in [1.29, 1.82) is 0 Å². The lowest BCUT2D eigenvalue weighted by molar-refractivity contribution is 0.0604. The van der Waals surface area contributed by atoms with Gasteiger partial charge >= 0.3 is 0 Å². The van der Waals surface area contributed by atoms with E-state index in [-0.39, 0.29) is 35.6 Å². The maximum Gasteiger partial charge on any atom is 0.244 e. The van der Waals surface area contributed by atoms with Gasteiger partial charge in [0.25, 0.3) is 0 Å². The van der Waals surface area contributed by atoms with Crippen molar-refractivity contribution in [3.05, 3.63) is 30.2 Å². The number of sulfonamides is 1. The number of hydrogen-bond acceptors (Lipinski definition) is 6. The van der Waals surface area contributed by atoms with Crippen molar-refractivity contribution in [2.75, 3.05) is 33.4 Å². The Morgan fingerprint density at radius 2 is 2.17 bits per heavy atom. The van der Waals surface area contributed by atoms with Gasteiger partial charge in [0, 0.05) is 38.4 Å². The Labute approximate surface area is 141 Å².